The number of fused-ring (bicyclic) bond motifs is 1. The molecular formula is C17H21NO3. The molecule has 0 aromatic heterocycles. The molecule has 3 rings (SSSR count). The number of nitrogens with zero attached hydrogens (tertiary/aromatic N) is 1. The van der Waals surface area contributed by atoms with E-state index in [2.05, 4.69) is 6.58 Å². The zero-order valence-electron chi connectivity index (χ0n) is 12.1. The van der Waals surface area contributed by atoms with E-state index < -0.39 is 0 Å². The lowest BCUT2D eigenvalue weighted by Crippen LogP contribution is -2.31. The zero-order valence-corrected chi connectivity index (χ0v) is 12.1. The lowest BCUT2D eigenvalue weighted by molar-refractivity contribution is 0.0748. The lowest BCUT2D eigenvalue weighted by Gasteiger charge is -2.20. The number of hydrogen-bond donors (Lipinski definition) is 1. The molecule has 112 valence electrons. The molecule has 0 spiro atoms. The van der Waals surface area contributed by atoms with Gasteiger partial charge in [-0.25, -0.2) is 0 Å². The number of amides is 1. The maximum absolute atomic E-state index is 12.7. The number of rotatable bonds is 4. The van der Waals surface area contributed by atoms with Crippen molar-refractivity contribution in [1.82, 2.24) is 4.90 Å². The summed E-state index contributed by atoms with van der Waals surface area (Å²) in [5.41, 5.74) is 0.591. The summed E-state index contributed by atoms with van der Waals surface area (Å²) < 4.78 is 5.57. The Morgan fingerprint density at radius 3 is 2.95 bits per heavy atom. The van der Waals surface area contributed by atoms with Crippen molar-refractivity contribution in [2.75, 3.05) is 19.7 Å². The normalized spacial score (nSPS) is 27.5. The van der Waals surface area contributed by atoms with Crippen LogP contribution in [-0.4, -0.2) is 41.7 Å². The number of aliphatic hydroxyl groups is 1. The molecule has 4 heteroatoms. The van der Waals surface area contributed by atoms with Gasteiger partial charge in [0.1, 0.15) is 12.4 Å². The number of carbonyl (C=O) groups excluding carboxylic acids is 1. The maximum Gasteiger partial charge on any atom is 0.257 e. The molecule has 4 nitrogen and oxygen atoms in total. The Bertz CT molecular complexity index is 543. The van der Waals surface area contributed by atoms with Crippen molar-refractivity contribution in [1.29, 1.82) is 0 Å². The fourth-order valence-corrected chi connectivity index (χ4v) is 3.49. The van der Waals surface area contributed by atoms with Gasteiger partial charge < -0.3 is 14.7 Å². The molecule has 2 fully saturated rings. The van der Waals surface area contributed by atoms with Gasteiger partial charge >= 0.3 is 0 Å². The van der Waals surface area contributed by atoms with Crippen molar-refractivity contribution in [2.45, 2.75) is 18.9 Å². The minimum absolute atomic E-state index is 0.00346. The second-order valence-corrected chi connectivity index (χ2v) is 5.87. The van der Waals surface area contributed by atoms with E-state index in [1.165, 1.54) is 0 Å². The van der Waals surface area contributed by atoms with Crippen LogP contribution in [-0.2, 0) is 0 Å². The van der Waals surface area contributed by atoms with Gasteiger partial charge in [0.15, 0.2) is 0 Å². The number of benzene rings is 1. The van der Waals surface area contributed by atoms with Gasteiger partial charge in [0.05, 0.1) is 11.7 Å². The Labute approximate surface area is 125 Å². The summed E-state index contributed by atoms with van der Waals surface area (Å²) in [4.78, 5) is 14.6. The van der Waals surface area contributed by atoms with Crippen molar-refractivity contribution in [3.05, 3.63) is 42.5 Å². The Morgan fingerprint density at radius 1 is 1.38 bits per heavy atom. The average Bonchev–Trinajstić information content (AvgIpc) is 3.07. The third-order valence-electron chi connectivity index (χ3n) is 4.58. The molecule has 1 aliphatic carbocycles. The van der Waals surface area contributed by atoms with E-state index in [1.807, 2.05) is 23.1 Å². The lowest BCUT2D eigenvalue weighted by atomic mass is 10.00. The first-order valence-corrected chi connectivity index (χ1v) is 7.50. The summed E-state index contributed by atoms with van der Waals surface area (Å²) in [6.45, 7) is 5.41. The van der Waals surface area contributed by atoms with Gasteiger partial charge in [-0.05, 0) is 30.9 Å². The molecule has 0 radical (unpaired) electrons. The molecule has 1 saturated heterocycles. The van der Waals surface area contributed by atoms with Gasteiger partial charge in [0.2, 0.25) is 0 Å². The second-order valence-electron chi connectivity index (χ2n) is 5.87. The molecule has 1 saturated carbocycles. The molecule has 2 aliphatic rings. The fraction of sp³-hybridized carbons (Fsp3) is 0.471. The number of aliphatic hydroxyl groups excluding tert-OH is 1. The van der Waals surface area contributed by atoms with Gasteiger partial charge in [-0.3, -0.25) is 4.79 Å². The fourth-order valence-electron chi connectivity index (χ4n) is 3.49. The maximum atomic E-state index is 12.7. The standard InChI is InChI=1S/C17H21NO3/c1-2-9-21-16-6-4-3-5-13(16)17(20)18-10-12-7-8-15(19)14(12)11-18/h2-6,12,14-15,19H,1,7-11H2. The summed E-state index contributed by atoms with van der Waals surface area (Å²) in [7, 11) is 0. The van der Waals surface area contributed by atoms with Gasteiger partial charge in [0, 0.05) is 19.0 Å². The highest BCUT2D eigenvalue weighted by Crippen LogP contribution is 2.39. The van der Waals surface area contributed by atoms with E-state index in [4.69, 9.17) is 4.74 Å². The van der Waals surface area contributed by atoms with Crippen LogP contribution in [0.2, 0.25) is 0 Å². The molecule has 3 unspecified atom stereocenters. The molecule has 1 aliphatic heterocycles. The van der Waals surface area contributed by atoms with Crippen LogP contribution in [0.15, 0.2) is 36.9 Å². The van der Waals surface area contributed by atoms with E-state index >= 15 is 0 Å². The van der Waals surface area contributed by atoms with Crippen molar-refractivity contribution >= 4 is 5.91 Å². The summed E-state index contributed by atoms with van der Waals surface area (Å²) in [5.74, 6) is 1.29. The summed E-state index contributed by atoms with van der Waals surface area (Å²) in [6.07, 6.45) is 3.30. The number of para-hydroxylation sites is 1. The molecule has 1 heterocycles. The molecule has 1 amide bonds. The summed E-state index contributed by atoms with van der Waals surface area (Å²) >= 11 is 0. The van der Waals surface area contributed by atoms with Crippen molar-refractivity contribution < 1.29 is 14.6 Å². The van der Waals surface area contributed by atoms with E-state index in [0.29, 0.717) is 30.4 Å². The van der Waals surface area contributed by atoms with Gasteiger partial charge in [-0.1, -0.05) is 24.8 Å². The first-order valence-electron chi connectivity index (χ1n) is 7.50. The van der Waals surface area contributed by atoms with E-state index in [1.54, 1.807) is 12.1 Å². The van der Waals surface area contributed by atoms with Crippen LogP contribution in [0.1, 0.15) is 23.2 Å². The SMILES string of the molecule is C=CCOc1ccccc1C(=O)N1CC2CCC(O)C2C1. The molecule has 1 aromatic rings. The predicted octanol–water partition coefficient (Wildman–Crippen LogP) is 2.09. The van der Waals surface area contributed by atoms with Gasteiger partial charge in [-0.2, -0.15) is 0 Å². The van der Waals surface area contributed by atoms with E-state index in [0.717, 1.165) is 19.4 Å². The van der Waals surface area contributed by atoms with Crippen LogP contribution in [0.5, 0.6) is 5.75 Å². The first kappa shape index (κ1) is 14.1. The minimum atomic E-state index is -0.250. The van der Waals surface area contributed by atoms with Gasteiger partial charge in [-0.15, -0.1) is 0 Å². The quantitative estimate of drug-likeness (QED) is 0.863. The van der Waals surface area contributed by atoms with Crippen LogP contribution >= 0.6 is 0 Å². The molecule has 1 N–H and O–H groups in total. The average molecular weight is 287 g/mol. The van der Waals surface area contributed by atoms with Crippen molar-refractivity contribution in [2.24, 2.45) is 11.8 Å². The largest absolute Gasteiger partial charge is 0.489 e. The minimum Gasteiger partial charge on any atom is -0.489 e. The van der Waals surface area contributed by atoms with Crippen molar-refractivity contribution in [3.8, 4) is 5.75 Å². The van der Waals surface area contributed by atoms with Crippen molar-refractivity contribution in [3.63, 3.8) is 0 Å². The van der Waals surface area contributed by atoms with Gasteiger partial charge in [0.25, 0.3) is 5.91 Å². The Balaban J connectivity index is 1.75. The predicted molar refractivity (Wildman–Crippen MR) is 80.3 cm³/mol. The number of hydrogen-bond acceptors (Lipinski definition) is 3. The number of likely N-dealkylation sites (tertiary alicyclic amines) is 1. The van der Waals surface area contributed by atoms with Crippen LogP contribution in [0.3, 0.4) is 0 Å². The topological polar surface area (TPSA) is 49.8 Å². The smallest absolute Gasteiger partial charge is 0.257 e. The molecule has 0 bridgehead atoms. The molecule has 21 heavy (non-hydrogen) atoms. The Hall–Kier alpha value is -1.81. The highest BCUT2D eigenvalue weighted by atomic mass is 16.5. The van der Waals surface area contributed by atoms with E-state index in [9.17, 15) is 9.90 Å². The second kappa shape index (κ2) is 5.90. The Kier molecular flexibility index (Phi) is 3.97. The van der Waals surface area contributed by atoms with Crippen LogP contribution in [0, 0.1) is 11.8 Å². The first-order chi connectivity index (χ1) is 10.2. The highest BCUT2D eigenvalue weighted by molar-refractivity contribution is 5.97. The molecule has 1 aromatic carbocycles. The third-order valence-corrected chi connectivity index (χ3v) is 4.58. The van der Waals surface area contributed by atoms with Crippen LogP contribution < -0.4 is 4.74 Å². The summed E-state index contributed by atoms with van der Waals surface area (Å²) in [6, 6.07) is 7.31. The zero-order chi connectivity index (χ0) is 14.8. The van der Waals surface area contributed by atoms with E-state index in [-0.39, 0.29) is 17.9 Å². The number of ether oxygens (including phenoxy) is 1. The Morgan fingerprint density at radius 2 is 2.19 bits per heavy atom. The number of carbonyl (C=O) groups is 1. The summed E-state index contributed by atoms with van der Waals surface area (Å²) in [5, 5.41) is 9.97. The highest BCUT2D eigenvalue weighted by Gasteiger charge is 2.43. The monoisotopic (exact) mass is 287 g/mol. The molecular weight excluding hydrogens is 266 g/mol. The third kappa shape index (κ3) is 2.68. The van der Waals surface area contributed by atoms with Crippen LogP contribution in [0.4, 0.5) is 0 Å². The molecule has 3 atom stereocenters. The van der Waals surface area contributed by atoms with Crippen LogP contribution in [0.25, 0.3) is 0 Å².